The Kier molecular flexibility index (Phi) is 5.39. The lowest BCUT2D eigenvalue weighted by atomic mass is 10.0. The van der Waals surface area contributed by atoms with Gasteiger partial charge in [-0.05, 0) is 63.9 Å². The van der Waals surface area contributed by atoms with Crippen molar-refractivity contribution in [3.05, 3.63) is 113 Å². The van der Waals surface area contributed by atoms with Gasteiger partial charge in [0.15, 0.2) is 0 Å². The Morgan fingerprint density at radius 1 is 0.833 bits per heavy atom. The van der Waals surface area contributed by atoms with E-state index >= 15 is 0 Å². The summed E-state index contributed by atoms with van der Waals surface area (Å²) in [7, 11) is 1.37. The lowest BCUT2D eigenvalue weighted by Gasteiger charge is -2.12. The van der Waals surface area contributed by atoms with Gasteiger partial charge in [0.2, 0.25) is 0 Å². The van der Waals surface area contributed by atoms with Gasteiger partial charge in [0.1, 0.15) is 5.75 Å². The number of phenols is 1. The van der Waals surface area contributed by atoms with Crippen molar-refractivity contribution in [2.75, 3.05) is 7.11 Å². The van der Waals surface area contributed by atoms with Crippen LogP contribution in [0.1, 0.15) is 15.9 Å². The lowest BCUT2D eigenvalue weighted by molar-refractivity contribution is 0.0603. The molecule has 0 aliphatic carbocycles. The topological polar surface area (TPSA) is 51.5 Å². The van der Waals surface area contributed by atoms with Gasteiger partial charge in [-0.25, -0.2) is 4.79 Å². The van der Waals surface area contributed by atoms with Gasteiger partial charge in [-0.2, -0.15) is 0 Å². The van der Waals surface area contributed by atoms with Gasteiger partial charge >= 0.3 is 5.97 Å². The highest BCUT2D eigenvalue weighted by Crippen LogP contribution is 2.41. The van der Waals surface area contributed by atoms with E-state index in [4.69, 9.17) is 16.3 Å². The zero-order valence-electron chi connectivity index (χ0n) is 19.5. The van der Waals surface area contributed by atoms with Crippen molar-refractivity contribution in [3.8, 4) is 16.9 Å². The van der Waals surface area contributed by atoms with Gasteiger partial charge in [0, 0.05) is 17.0 Å². The average Bonchev–Trinajstić information content (AvgIpc) is 3.22. The second kappa shape index (κ2) is 8.74. The van der Waals surface area contributed by atoms with Gasteiger partial charge in [-0.1, -0.05) is 72.3 Å². The molecule has 5 heteroatoms. The summed E-state index contributed by atoms with van der Waals surface area (Å²) in [6.07, 6.45) is 0. The standard InChI is InChI=1S/C31H22ClNO3/c1-36-31(35)25-10-5-11-26-29(25)30-27(16-22(17-28(30)34)19-12-14-23(32)15-13-19)33(26)18-21-8-4-7-20-6-2-3-9-24(20)21/h2-17,34H,18H2,1H3. The number of ether oxygens (including phenoxy) is 1. The van der Waals surface area contributed by atoms with Crippen LogP contribution in [0, 0.1) is 0 Å². The summed E-state index contributed by atoms with van der Waals surface area (Å²) in [5, 5.41) is 15.6. The van der Waals surface area contributed by atoms with Crippen molar-refractivity contribution >= 4 is 50.1 Å². The summed E-state index contributed by atoms with van der Waals surface area (Å²) in [6.45, 7) is 0.565. The van der Waals surface area contributed by atoms with E-state index in [0.29, 0.717) is 27.9 Å². The molecular formula is C31H22ClNO3. The molecule has 176 valence electrons. The molecule has 0 unspecified atom stereocenters. The first-order chi connectivity index (χ1) is 17.5. The van der Waals surface area contributed by atoms with Crippen LogP contribution in [-0.4, -0.2) is 22.8 Å². The van der Waals surface area contributed by atoms with Crippen LogP contribution in [0.5, 0.6) is 5.75 Å². The predicted octanol–water partition coefficient (Wildman–Crippen LogP) is 7.81. The minimum atomic E-state index is -0.439. The third-order valence-corrected chi connectivity index (χ3v) is 7.01. The van der Waals surface area contributed by atoms with Crippen LogP contribution in [-0.2, 0) is 11.3 Å². The summed E-state index contributed by atoms with van der Waals surface area (Å²) in [4.78, 5) is 12.7. The molecule has 0 aliphatic rings. The molecule has 1 N–H and O–H groups in total. The van der Waals surface area contributed by atoms with E-state index in [-0.39, 0.29) is 5.75 Å². The number of nitrogens with zero attached hydrogens (tertiary/aromatic N) is 1. The number of carbonyl (C=O) groups excluding carboxylic acids is 1. The van der Waals surface area contributed by atoms with E-state index in [9.17, 15) is 9.90 Å². The third-order valence-electron chi connectivity index (χ3n) is 6.76. The van der Waals surface area contributed by atoms with Crippen LogP contribution >= 0.6 is 11.6 Å². The van der Waals surface area contributed by atoms with Crippen molar-refractivity contribution < 1.29 is 14.6 Å². The number of fused-ring (bicyclic) bond motifs is 4. The van der Waals surface area contributed by atoms with Gasteiger partial charge in [-0.15, -0.1) is 0 Å². The Balaban J connectivity index is 1.68. The molecule has 0 amide bonds. The maximum absolute atomic E-state index is 12.7. The van der Waals surface area contributed by atoms with Gasteiger partial charge in [0.25, 0.3) is 0 Å². The van der Waals surface area contributed by atoms with Crippen molar-refractivity contribution in [3.63, 3.8) is 0 Å². The molecule has 5 aromatic carbocycles. The monoisotopic (exact) mass is 491 g/mol. The quantitative estimate of drug-likeness (QED) is 0.256. The second-order valence-corrected chi connectivity index (χ2v) is 9.25. The smallest absolute Gasteiger partial charge is 0.338 e. The SMILES string of the molecule is COC(=O)c1cccc2c1c1c(O)cc(-c3ccc(Cl)cc3)cc1n2Cc1cccc2ccccc12. The highest BCUT2D eigenvalue weighted by atomic mass is 35.5. The predicted molar refractivity (Wildman–Crippen MR) is 146 cm³/mol. The number of methoxy groups -OCH3 is 1. The number of esters is 1. The van der Waals surface area contributed by atoms with Crippen LogP contribution in [0.3, 0.4) is 0 Å². The maximum atomic E-state index is 12.7. The van der Waals surface area contributed by atoms with E-state index in [0.717, 1.165) is 38.5 Å². The molecule has 0 spiro atoms. The summed E-state index contributed by atoms with van der Waals surface area (Å²) in [6, 6.07) is 31.5. The fraction of sp³-hybridized carbons (Fsp3) is 0.0645. The van der Waals surface area contributed by atoms with Gasteiger partial charge < -0.3 is 14.4 Å². The van der Waals surface area contributed by atoms with Crippen LogP contribution in [0.4, 0.5) is 0 Å². The molecule has 6 rings (SSSR count). The Hall–Kier alpha value is -4.28. The van der Waals surface area contributed by atoms with Crippen molar-refractivity contribution in [2.45, 2.75) is 6.54 Å². The first kappa shape index (κ1) is 22.2. The van der Waals surface area contributed by atoms with Gasteiger partial charge in [-0.3, -0.25) is 0 Å². The first-order valence-electron chi connectivity index (χ1n) is 11.6. The minimum Gasteiger partial charge on any atom is -0.507 e. The molecule has 0 fully saturated rings. The molecule has 0 atom stereocenters. The normalized spacial score (nSPS) is 11.4. The molecule has 0 saturated carbocycles. The Morgan fingerprint density at radius 2 is 1.58 bits per heavy atom. The van der Waals surface area contributed by atoms with E-state index < -0.39 is 5.97 Å². The number of rotatable bonds is 4. The Labute approximate surface area is 212 Å². The average molecular weight is 492 g/mol. The van der Waals surface area contributed by atoms with Crippen molar-refractivity contribution in [2.24, 2.45) is 0 Å². The van der Waals surface area contributed by atoms with E-state index in [1.54, 1.807) is 12.1 Å². The number of aromatic nitrogens is 1. The number of hydrogen-bond donors (Lipinski definition) is 1. The second-order valence-electron chi connectivity index (χ2n) is 8.81. The molecule has 1 aromatic heterocycles. The van der Waals surface area contributed by atoms with E-state index in [1.807, 2.05) is 48.5 Å². The first-order valence-corrected chi connectivity index (χ1v) is 12.0. The largest absolute Gasteiger partial charge is 0.507 e. The Bertz CT molecular complexity index is 1780. The number of halogens is 1. The third kappa shape index (κ3) is 3.58. The van der Waals surface area contributed by atoms with Crippen molar-refractivity contribution in [1.82, 2.24) is 4.57 Å². The molecule has 36 heavy (non-hydrogen) atoms. The fourth-order valence-corrected chi connectivity index (χ4v) is 5.22. The lowest BCUT2D eigenvalue weighted by Crippen LogP contribution is -2.03. The minimum absolute atomic E-state index is 0.107. The summed E-state index contributed by atoms with van der Waals surface area (Å²) >= 11 is 6.11. The fourth-order valence-electron chi connectivity index (χ4n) is 5.10. The molecule has 4 nitrogen and oxygen atoms in total. The van der Waals surface area contributed by atoms with Crippen LogP contribution in [0.15, 0.2) is 97.1 Å². The van der Waals surface area contributed by atoms with Crippen LogP contribution in [0.25, 0.3) is 43.7 Å². The maximum Gasteiger partial charge on any atom is 0.338 e. The van der Waals surface area contributed by atoms with Crippen LogP contribution in [0.2, 0.25) is 5.02 Å². The zero-order chi connectivity index (χ0) is 24.8. The highest BCUT2D eigenvalue weighted by Gasteiger charge is 2.22. The number of aromatic hydroxyl groups is 1. The molecule has 0 saturated heterocycles. The molecule has 0 aliphatic heterocycles. The van der Waals surface area contributed by atoms with E-state index in [1.165, 1.54) is 7.11 Å². The van der Waals surface area contributed by atoms with Crippen molar-refractivity contribution in [1.29, 1.82) is 0 Å². The number of carbonyl (C=O) groups is 1. The van der Waals surface area contributed by atoms with Crippen LogP contribution < -0.4 is 0 Å². The molecular weight excluding hydrogens is 470 g/mol. The number of hydrogen-bond acceptors (Lipinski definition) is 3. The molecule has 6 aromatic rings. The van der Waals surface area contributed by atoms with E-state index in [2.05, 4.69) is 41.0 Å². The highest BCUT2D eigenvalue weighted by molar-refractivity contribution is 6.30. The number of phenolic OH excluding ortho intramolecular Hbond substituents is 1. The summed E-state index contributed by atoms with van der Waals surface area (Å²) in [5.41, 5.74) is 5.05. The number of benzene rings is 5. The zero-order valence-corrected chi connectivity index (χ0v) is 20.3. The Morgan fingerprint density at radius 3 is 2.39 bits per heavy atom. The summed E-state index contributed by atoms with van der Waals surface area (Å²) < 4.78 is 7.24. The molecule has 0 radical (unpaired) electrons. The summed E-state index contributed by atoms with van der Waals surface area (Å²) in [5.74, 6) is -0.332. The van der Waals surface area contributed by atoms with Gasteiger partial charge in [0.05, 0.1) is 29.1 Å². The molecule has 0 bridgehead atoms. The molecule has 1 heterocycles.